The fourth-order valence-electron chi connectivity index (χ4n) is 3.40. The molecule has 4 rings (SSSR count). The summed E-state index contributed by atoms with van der Waals surface area (Å²) in [5.74, 6) is -1.17. The third-order valence-electron chi connectivity index (χ3n) is 5.11. The maximum atomic E-state index is 13.8. The summed E-state index contributed by atoms with van der Waals surface area (Å²) in [4.78, 5) is 27.7. The Hall–Kier alpha value is -4.18. The summed E-state index contributed by atoms with van der Waals surface area (Å²) < 4.78 is 41.6. The van der Waals surface area contributed by atoms with Gasteiger partial charge in [-0.25, -0.2) is 9.78 Å². The summed E-state index contributed by atoms with van der Waals surface area (Å²) in [5, 5.41) is 12.1. The molecule has 0 bridgehead atoms. The number of nitrogens with two attached hydrogens (primary N) is 1. The lowest BCUT2D eigenvalue weighted by Gasteiger charge is -2.11. The number of nitrogens with zero attached hydrogens (tertiary/aromatic N) is 1. The molecule has 2 heterocycles. The number of nitrogens with one attached hydrogen (secondary N) is 1. The van der Waals surface area contributed by atoms with E-state index in [4.69, 9.17) is 10.8 Å². The van der Waals surface area contributed by atoms with Crippen LogP contribution in [0.5, 0.6) is 0 Å². The molecule has 2 aromatic carbocycles. The summed E-state index contributed by atoms with van der Waals surface area (Å²) in [5.41, 5.74) is 6.23. The number of hydrogen-bond donors (Lipinski definition) is 3. The molecule has 4 N–H and O–H groups in total. The summed E-state index contributed by atoms with van der Waals surface area (Å²) in [6.07, 6.45) is -0.218. The number of carboxylic acids is 1. The van der Waals surface area contributed by atoms with Gasteiger partial charge in [-0.15, -0.1) is 11.3 Å². The van der Waals surface area contributed by atoms with Gasteiger partial charge in [0.1, 0.15) is 5.82 Å². The number of alkyl halides is 3. The van der Waals surface area contributed by atoms with E-state index >= 15 is 0 Å². The summed E-state index contributed by atoms with van der Waals surface area (Å²) >= 11 is 0.959. The van der Waals surface area contributed by atoms with Gasteiger partial charge < -0.3 is 16.2 Å². The lowest BCUT2D eigenvalue weighted by atomic mass is 9.99. The van der Waals surface area contributed by atoms with Gasteiger partial charge in [0.05, 0.1) is 17.7 Å². The van der Waals surface area contributed by atoms with Crippen LogP contribution in [0.3, 0.4) is 0 Å². The maximum Gasteiger partial charge on any atom is 0.417 e. The minimum atomic E-state index is -4.59. The molecule has 0 atom stereocenters. The first kappa shape index (κ1) is 27.4. The predicted molar refractivity (Wildman–Crippen MR) is 140 cm³/mol. The molecule has 0 saturated carbocycles. The second-order valence-electron chi connectivity index (χ2n) is 7.60. The van der Waals surface area contributed by atoms with Crippen molar-refractivity contribution in [1.29, 1.82) is 0 Å². The van der Waals surface area contributed by atoms with E-state index in [1.807, 2.05) is 13.8 Å². The molecule has 0 spiro atoms. The Balaban J connectivity index is 0.00000186. The number of anilines is 1. The first-order chi connectivity index (χ1) is 17.6. The van der Waals surface area contributed by atoms with Crippen molar-refractivity contribution >= 4 is 45.2 Å². The van der Waals surface area contributed by atoms with Crippen LogP contribution in [0.15, 0.2) is 66.9 Å². The number of aromatic nitrogens is 1. The van der Waals surface area contributed by atoms with E-state index in [0.717, 1.165) is 17.4 Å². The minimum Gasteiger partial charge on any atom is -0.478 e. The number of halogens is 3. The zero-order valence-corrected chi connectivity index (χ0v) is 20.8. The van der Waals surface area contributed by atoms with E-state index in [1.165, 1.54) is 36.5 Å². The normalized spacial score (nSPS) is 11.3. The maximum absolute atomic E-state index is 13.8. The fraction of sp³-hybridized carbons (Fsp3) is 0.148. The van der Waals surface area contributed by atoms with Gasteiger partial charge in [-0.1, -0.05) is 26.0 Å². The molecule has 6 nitrogen and oxygen atoms in total. The highest BCUT2D eigenvalue weighted by Crippen LogP contribution is 2.41. The number of fused-ring (bicyclic) bond motifs is 1. The van der Waals surface area contributed by atoms with E-state index in [-0.39, 0.29) is 16.8 Å². The molecule has 0 aliphatic heterocycles. The van der Waals surface area contributed by atoms with Gasteiger partial charge in [-0.2, -0.15) is 13.2 Å². The molecule has 0 radical (unpaired) electrons. The van der Waals surface area contributed by atoms with Crippen molar-refractivity contribution in [3.63, 3.8) is 0 Å². The minimum absolute atomic E-state index is 0.0427. The molecule has 192 valence electrons. The fourth-order valence-corrected chi connectivity index (χ4v) is 4.51. The van der Waals surface area contributed by atoms with Crippen molar-refractivity contribution in [1.82, 2.24) is 10.3 Å². The van der Waals surface area contributed by atoms with Crippen molar-refractivity contribution in [2.24, 2.45) is 0 Å². The molecule has 0 saturated heterocycles. The molecular formula is C27H24F3N3O3S. The summed E-state index contributed by atoms with van der Waals surface area (Å²) in [6, 6.07) is 13.2. The molecule has 1 amide bonds. The third kappa shape index (κ3) is 6.95. The lowest BCUT2D eigenvalue weighted by Crippen LogP contribution is -2.19. The van der Waals surface area contributed by atoms with E-state index < -0.39 is 23.6 Å². The van der Waals surface area contributed by atoms with Crippen LogP contribution in [0.1, 0.15) is 40.2 Å². The number of benzene rings is 2. The van der Waals surface area contributed by atoms with Crippen LogP contribution >= 0.6 is 11.3 Å². The molecule has 0 unspecified atom stereocenters. The van der Waals surface area contributed by atoms with Crippen LogP contribution in [0.2, 0.25) is 0 Å². The number of thiophene rings is 1. The zero-order valence-electron chi connectivity index (χ0n) is 20.0. The molecular weight excluding hydrogens is 503 g/mol. The van der Waals surface area contributed by atoms with Gasteiger partial charge in [-0.05, 0) is 70.6 Å². The van der Waals surface area contributed by atoms with Crippen LogP contribution in [-0.2, 0) is 17.5 Å². The van der Waals surface area contributed by atoms with Crippen LogP contribution in [-0.4, -0.2) is 22.0 Å². The van der Waals surface area contributed by atoms with Crippen molar-refractivity contribution in [3.8, 4) is 11.1 Å². The van der Waals surface area contributed by atoms with Crippen LogP contribution in [0, 0.1) is 0 Å². The quantitative estimate of drug-likeness (QED) is 0.245. The van der Waals surface area contributed by atoms with Crippen LogP contribution < -0.4 is 11.1 Å². The van der Waals surface area contributed by atoms with E-state index in [0.29, 0.717) is 32.8 Å². The van der Waals surface area contributed by atoms with Crippen molar-refractivity contribution < 1.29 is 27.9 Å². The van der Waals surface area contributed by atoms with Gasteiger partial charge in [0.25, 0.3) is 0 Å². The number of hydrogen-bond acceptors (Lipinski definition) is 5. The molecule has 0 aliphatic rings. The Morgan fingerprint density at radius 3 is 2.35 bits per heavy atom. The Bertz CT molecular complexity index is 1430. The largest absolute Gasteiger partial charge is 0.478 e. The van der Waals surface area contributed by atoms with Gasteiger partial charge in [0.2, 0.25) is 5.91 Å². The Kier molecular flexibility index (Phi) is 8.67. The average Bonchev–Trinajstić information content (AvgIpc) is 3.30. The second-order valence-corrected chi connectivity index (χ2v) is 8.74. The van der Waals surface area contributed by atoms with Gasteiger partial charge in [0, 0.05) is 21.8 Å². The average molecular weight is 528 g/mol. The summed E-state index contributed by atoms with van der Waals surface area (Å²) in [7, 11) is 0. The number of carbonyl (C=O) groups is 2. The Labute approximate surface area is 215 Å². The number of nitrogen functional groups attached to an aromatic ring is 1. The smallest absolute Gasteiger partial charge is 0.417 e. The second kappa shape index (κ2) is 11.7. The highest BCUT2D eigenvalue weighted by Gasteiger charge is 2.34. The van der Waals surface area contributed by atoms with Crippen LogP contribution in [0.25, 0.3) is 27.3 Å². The van der Waals surface area contributed by atoms with E-state index in [2.05, 4.69) is 10.3 Å². The van der Waals surface area contributed by atoms with E-state index in [9.17, 15) is 22.8 Å². The van der Waals surface area contributed by atoms with Crippen molar-refractivity contribution in [3.05, 3.63) is 88.4 Å². The molecule has 10 heteroatoms. The molecule has 0 aliphatic carbocycles. The first-order valence-electron chi connectivity index (χ1n) is 11.2. The highest BCUT2D eigenvalue weighted by atomic mass is 32.1. The lowest BCUT2D eigenvalue weighted by molar-refractivity contribution is -0.136. The highest BCUT2D eigenvalue weighted by molar-refractivity contribution is 7.19. The summed E-state index contributed by atoms with van der Waals surface area (Å²) in [6.45, 7) is 4.06. The molecule has 4 aromatic rings. The zero-order chi connectivity index (χ0) is 27.2. The van der Waals surface area contributed by atoms with Gasteiger partial charge >= 0.3 is 12.1 Å². The van der Waals surface area contributed by atoms with Gasteiger partial charge in [-0.3, -0.25) is 4.79 Å². The standard InChI is InChI=1S/C25H18F3N3O3S.C2H6/c26-25(27,28)20-11-17(15-3-5-16(6-4-15)24(33)34)9-18-10-19(35-23(18)20)13-31-22(32)8-2-14-1-7-21(29)30-12-14;1-2/h1-12H,13H2,(H2,29,30)(H,31,32)(H,33,34);1-2H3/b8-2+;. The number of aromatic carboxylic acids is 1. The SMILES string of the molecule is CC.Nc1ccc(/C=C/C(=O)NCc2cc3cc(-c4ccc(C(=O)O)cc4)cc(C(F)(F)F)c3s2)cn1. The van der Waals surface area contributed by atoms with E-state index in [1.54, 1.807) is 30.3 Å². The van der Waals surface area contributed by atoms with Gasteiger partial charge in [0.15, 0.2) is 0 Å². The number of amides is 1. The van der Waals surface area contributed by atoms with Crippen molar-refractivity contribution in [2.45, 2.75) is 26.6 Å². The Morgan fingerprint density at radius 1 is 1.05 bits per heavy atom. The first-order valence-corrected chi connectivity index (χ1v) is 12.1. The number of pyridine rings is 1. The molecule has 37 heavy (non-hydrogen) atoms. The number of carboxylic acid groups (broad SMARTS) is 1. The predicted octanol–water partition coefficient (Wildman–Crippen LogP) is 6.62. The monoisotopic (exact) mass is 527 g/mol. The van der Waals surface area contributed by atoms with Crippen LogP contribution in [0.4, 0.5) is 19.0 Å². The molecule has 2 aromatic heterocycles. The molecule has 0 fully saturated rings. The number of rotatable bonds is 6. The third-order valence-corrected chi connectivity index (χ3v) is 6.30. The topological polar surface area (TPSA) is 105 Å². The number of carbonyl (C=O) groups excluding carboxylic acids is 1. The van der Waals surface area contributed by atoms with Crippen molar-refractivity contribution in [2.75, 3.05) is 5.73 Å². The Morgan fingerprint density at radius 2 is 1.76 bits per heavy atom.